The molecule has 1 aromatic rings. The van der Waals surface area contributed by atoms with E-state index >= 15 is 0 Å². The minimum Gasteiger partial charge on any atom is -0.352 e. The number of aromatic nitrogens is 1. The summed E-state index contributed by atoms with van der Waals surface area (Å²) in [5.74, 6) is 0.109. The van der Waals surface area contributed by atoms with E-state index in [0.717, 1.165) is 24.0 Å². The summed E-state index contributed by atoms with van der Waals surface area (Å²) in [6.45, 7) is 5.13. The van der Waals surface area contributed by atoms with Crippen LogP contribution < -0.4 is 11.1 Å². The largest absolute Gasteiger partial charge is 0.352 e. The van der Waals surface area contributed by atoms with Crippen LogP contribution in [0.3, 0.4) is 0 Å². The van der Waals surface area contributed by atoms with E-state index in [2.05, 4.69) is 10.3 Å². The lowest BCUT2D eigenvalue weighted by molar-refractivity contribution is -0.124. The molecule has 1 unspecified atom stereocenters. The molecule has 0 radical (unpaired) electrons. The number of amides is 1. The fraction of sp³-hybridized carbons (Fsp3) is 0.538. The van der Waals surface area contributed by atoms with Gasteiger partial charge in [0.1, 0.15) is 0 Å². The molecule has 1 rings (SSSR count). The Morgan fingerprint density at radius 2 is 2.35 bits per heavy atom. The summed E-state index contributed by atoms with van der Waals surface area (Å²) in [5, 5.41) is 2.93. The smallest absolute Gasteiger partial charge is 0.223 e. The highest BCUT2D eigenvalue weighted by Crippen LogP contribution is 2.07. The summed E-state index contributed by atoms with van der Waals surface area (Å²) in [5.41, 5.74) is 7.63. The SMILES string of the molecule is Cc1ccncc1CNC(=O)C(C)CCCN. The molecule has 17 heavy (non-hydrogen) atoms. The van der Waals surface area contributed by atoms with Gasteiger partial charge in [0, 0.05) is 24.9 Å². The van der Waals surface area contributed by atoms with Crippen LogP contribution in [0.2, 0.25) is 0 Å². The maximum absolute atomic E-state index is 11.8. The van der Waals surface area contributed by atoms with E-state index in [9.17, 15) is 4.79 Å². The van der Waals surface area contributed by atoms with Crippen LogP contribution in [-0.2, 0) is 11.3 Å². The van der Waals surface area contributed by atoms with Crippen molar-refractivity contribution in [2.45, 2.75) is 33.2 Å². The van der Waals surface area contributed by atoms with Crippen molar-refractivity contribution in [3.8, 4) is 0 Å². The lowest BCUT2D eigenvalue weighted by Gasteiger charge is -2.12. The van der Waals surface area contributed by atoms with Gasteiger partial charge in [0.2, 0.25) is 5.91 Å². The number of nitrogens with one attached hydrogen (secondary N) is 1. The van der Waals surface area contributed by atoms with E-state index in [4.69, 9.17) is 5.73 Å². The topological polar surface area (TPSA) is 68.0 Å². The molecule has 1 amide bonds. The van der Waals surface area contributed by atoms with Crippen molar-refractivity contribution in [3.63, 3.8) is 0 Å². The van der Waals surface area contributed by atoms with E-state index in [0.29, 0.717) is 13.1 Å². The van der Waals surface area contributed by atoms with Crippen LogP contribution >= 0.6 is 0 Å². The highest BCUT2D eigenvalue weighted by molar-refractivity contribution is 5.78. The lowest BCUT2D eigenvalue weighted by atomic mass is 10.0. The van der Waals surface area contributed by atoms with Gasteiger partial charge in [0.25, 0.3) is 0 Å². The number of hydrogen-bond donors (Lipinski definition) is 2. The minimum atomic E-state index is 0.0236. The average Bonchev–Trinajstić information content (AvgIpc) is 2.34. The predicted molar refractivity (Wildman–Crippen MR) is 68.3 cm³/mol. The molecule has 0 aliphatic rings. The van der Waals surface area contributed by atoms with Crippen LogP contribution in [0.15, 0.2) is 18.5 Å². The Morgan fingerprint density at radius 3 is 3.00 bits per heavy atom. The van der Waals surface area contributed by atoms with Crippen LogP contribution in [0.5, 0.6) is 0 Å². The molecule has 0 aromatic carbocycles. The van der Waals surface area contributed by atoms with Gasteiger partial charge in [-0.2, -0.15) is 0 Å². The van der Waals surface area contributed by atoms with Crippen molar-refractivity contribution < 1.29 is 4.79 Å². The number of carbonyl (C=O) groups is 1. The standard InChI is InChI=1S/C13H21N3O/c1-10-5-7-15-8-12(10)9-16-13(17)11(2)4-3-6-14/h5,7-8,11H,3-4,6,9,14H2,1-2H3,(H,16,17). The number of rotatable bonds is 6. The number of nitrogens with zero attached hydrogens (tertiary/aromatic N) is 1. The van der Waals surface area contributed by atoms with Gasteiger partial charge in [0.15, 0.2) is 0 Å². The molecular weight excluding hydrogens is 214 g/mol. The second-order valence-corrected chi connectivity index (χ2v) is 4.35. The molecule has 94 valence electrons. The normalized spacial score (nSPS) is 12.2. The number of hydrogen-bond acceptors (Lipinski definition) is 3. The van der Waals surface area contributed by atoms with Gasteiger partial charge < -0.3 is 11.1 Å². The van der Waals surface area contributed by atoms with E-state index in [1.54, 1.807) is 12.4 Å². The fourth-order valence-corrected chi connectivity index (χ4v) is 1.59. The number of carbonyl (C=O) groups excluding carboxylic acids is 1. The van der Waals surface area contributed by atoms with Gasteiger partial charge in [-0.3, -0.25) is 9.78 Å². The Hall–Kier alpha value is -1.42. The predicted octanol–water partition coefficient (Wildman–Crippen LogP) is 1.38. The van der Waals surface area contributed by atoms with Crippen LogP contribution in [0.25, 0.3) is 0 Å². The maximum atomic E-state index is 11.8. The Labute approximate surface area is 103 Å². The van der Waals surface area contributed by atoms with E-state index in [1.165, 1.54) is 0 Å². The zero-order valence-corrected chi connectivity index (χ0v) is 10.6. The van der Waals surface area contributed by atoms with Crippen molar-refractivity contribution in [2.75, 3.05) is 6.54 Å². The molecule has 4 heteroatoms. The monoisotopic (exact) mass is 235 g/mol. The molecule has 0 fully saturated rings. The molecule has 4 nitrogen and oxygen atoms in total. The van der Waals surface area contributed by atoms with Crippen molar-refractivity contribution >= 4 is 5.91 Å². The van der Waals surface area contributed by atoms with Gasteiger partial charge >= 0.3 is 0 Å². The first kappa shape index (κ1) is 13.6. The van der Waals surface area contributed by atoms with Crippen molar-refractivity contribution in [2.24, 2.45) is 11.7 Å². The second-order valence-electron chi connectivity index (χ2n) is 4.35. The van der Waals surface area contributed by atoms with Crippen molar-refractivity contribution in [1.29, 1.82) is 0 Å². The summed E-state index contributed by atoms with van der Waals surface area (Å²) in [6, 6.07) is 1.94. The van der Waals surface area contributed by atoms with Crippen molar-refractivity contribution in [1.82, 2.24) is 10.3 Å². The molecule has 0 bridgehead atoms. The quantitative estimate of drug-likeness (QED) is 0.782. The van der Waals surface area contributed by atoms with Gasteiger partial charge in [-0.1, -0.05) is 6.92 Å². The number of nitrogens with two attached hydrogens (primary N) is 1. The second kappa shape index (κ2) is 7.01. The van der Waals surface area contributed by atoms with Crippen LogP contribution in [0.1, 0.15) is 30.9 Å². The first-order valence-corrected chi connectivity index (χ1v) is 6.02. The Kier molecular flexibility index (Phi) is 5.63. The van der Waals surface area contributed by atoms with Gasteiger partial charge in [-0.05, 0) is 43.5 Å². The van der Waals surface area contributed by atoms with Gasteiger partial charge in [-0.25, -0.2) is 0 Å². The summed E-state index contributed by atoms with van der Waals surface area (Å²) in [6.07, 6.45) is 5.28. The zero-order valence-electron chi connectivity index (χ0n) is 10.6. The Morgan fingerprint density at radius 1 is 1.59 bits per heavy atom. The summed E-state index contributed by atoms with van der Waals surface area (Å²) in [4.78, 5) is 15.8. The highest BCUT2D eigenvalue weighted by Gasteiger charge is 2.11. The van der Waals surface area contributed by atoms with Crippen molar-refractivity contribution in [3.05, 3.63) is 29.6 Å². The molecular formula is C13H21N3O. The lowest BCUT2D eigenvalue weighted by Crippen LogP contribution is -2.29. The number of pyridine rings is 1. The van der Waals surface area contributed by atoms with Gasteiger partial charge in [0.05, 0.1) is 0 Å². The third kappa shape index (κ3) is 4.53. The van der Waals surface area contributed by atoms with E-state index < -0.39 is 0 Å². The minimum absolute atomic E-state index is 0.0236. The molecule has 0 spiro atoms. The zero-order chi connectivity index (χ0) is 12.7. The fourth-order valence-electron chi connectivity index (χ4n) is 1.59. The van der Waals surface area contributed by atoms with E-state index in [-0.39, 0.29) is 11.8 Å². The number of aryl methyl sites for hydroxylation is 1. The summed E-state index contributed by atoms with van der Waals surface area (Å²) >= 11 is 0. The molecule has 1 heterocycles. The Bertz CT molecular complexity index is 365. The van der Waals surface area contributed by atoms with Gasteiger partial charge in [-0.15, -0.1) is 0 Å². The molecule has 1 aromatic heterocycles. The van der Waals surface area contributed by atoms with Crippen LogP contribution in [-0.4, -0.2) is 17.4 Å². The molecule has 0 aliphatic carbocycles. The molecule has 0 saturated carbocycles. The third-order valence-electron chi connectivity index (χ3n) is 2.89. The molecule has 1 atom stereocenters. The maximum Gasteiger partial charge on any atom is 0.223 e. The average molecular weight is 235 g/mol. The Balaban J connectivity index is 2.40. The van der Waals surface area contributed by atoms with Crippen LogP contribution in [0, 0.1) is 12.8 Å². The first-order chi connectivity index (χ1) is 8.15. The summed E-state index contributed by atoms with van der Waals surface area (Å²) < 4.78 is 0. The highest BCUT2D eigenvalue weighted by atomic mass is 16.1. The third-order valence-corrected chi connectivity index (χ3v) is 2.89. The first-order valence-electron chi connectivity index (χ1n) is 6.02. The van der Waals surface area contributed by atoms with E-state index in [1.807, 2.05) is 19.9 Å². The molecule has 0 aliphatic heterocycles. The molecule has 0 saturated heterocycles. The summed E-state index contributed by atoms with van der Waals surface area (Å²) in [7, 11) is 0. The molecule has 3 N–H and O–H groups in total. The van der Waals surface area contributed by atoms with Crippen LogP contribution in [0.4, 0.5) is 0 Å².